The summed E-state index contributed by atoms with van der Waals surface area (Å²) in [6.45, 7) is 12.4. The van der Waals surface area contributed by atoms with Crippen LogP contribution in [0.15, 0.2) is 60.9 Å². The second-order valence-corrected chi connectivity index (χ2v) is 16.5. The average molecular weight is 823 g/mol. The van der Waals surface area contributed by atoms with Crippen LogP contribution in [0.2, 0.25) is 0 Å². The molecule has 0 unspecified atom stereocenters. The van der Waals surface area contributed by atoms with E-state index in [1.54, 1.807) is 0 Å². The van der Waals surface area contributed by atoms with E-state index >= 15 is 0 Å². The number of ether oxygens (including phenoxy) is 2. The molecule has 16 nitrogen and oxygen atoms in total. The smallest absolute Gasteiger partial charge is 0.407 e. The fraction of sp³-hybridized carbons (Fsp3) is 0.500. The highest BCUT2D eigenvalue weighted by Crippen LogP contribution is 2.35. The van der Waals surface area contributed by atoms with Crippen LogP contribution in [0.3, 0.4) is 0 Å². The maximum Gasteiger partial charge on any atom is 0.407 e. The first-order valence-corrected chi connectivity index (χ1v) is 21.1. The summed E-state index contributed by atoms with van der Waals surface area (Å²) in [5.74, 6) is 1.05. The maximum absolute atomic E-state index is 13.6. The van der Waals surface area contributed by atoms with Crippen LogP contribution < -0.4 is 20.4 Å². The number of aromatic nitrogens is 4. The summed E-state index contributed by atoms with van der Waals surface area (Å²) in [7, 11) is 2.59. The van der Waals surface area contributed by atoms with Crippen LogP contribution in [0.1, 0.15) is 77.1 Å². The van der Waals surface area contributed by atoms with E-state index < -0.39 is 24.3 Å². The van der Waals surface area contributed by atoms with Gasteiger partial charge in [0.1, 0.15) is 23.7 Å². The third-order valence-electron chi connectivity index (χ3n) is 12.0. The Morgan fingerprint density at radius 1 is 0.600 bits per heavy atom. The number of nitrogens with one attached hydrogen (secondary N) is 4. The number of aromatic amines is 2. The van der Waals surface area contributed by atoms with Crippen LogP contribution in [0, 0.1) is 11.8 Å². The van der Waals surface area contributed by atoms with Gasteiger partial charge in [0.15, 0.2) is 0 Å². The first-order chi connectivity index (χ1) is 28.9. The summed E-state index contributed by atoms with van der Waals surface area (Å²) in [5.41, 5.74) is 6.15. The van der Waals surface area contributed by atoms with Crippen molar-refractivity contribution < 1.29 is 28.7 Å². The van der Waals surface area contributed by atoms with E-state index in [2.05, 4.69) is 78.9 Å². The molecule has 4 aromatic rings. The van der Waals surface area contributed by atoms with Gasteiger partial charge in [0.25, 0.3) is 0 Å². The molecule has 3 fully saturated rings. The summed E-state index contributed by atoms with van der Waals surface area (Å²) >= 11 is 0. The Morgan fingerprint density at radius 3 is 1.30 bits per heavy atom. The van der Waals surface area contributed by atoms with Crippen molar-refractivity contribution in [2.75, 3.05) is 63.3 Å². The lowest BCUT2D eigenvalue weighted by Crippen LogP contribution is -2.51. The van der Waals surface area contributed by atoms with Crippen molar-refractivity contribution in [2.24, 2.45) is 11.8 Å². The molecule has 0 radical (unpaired) electrons. The van der Waals surface area contributed by atoms with E-state index in [0.29, 0.717) is 13.1 Å². The third kappa shape index (κ3) is 9.06. The summed E-state index contributed by atoms with van der Waals surface area (Å²) in [6.07, 6.45) is 5.74. The summed E-state index contributed by atoms with van der Waals surface area (Å²) in [6, 6.07) is 15.3. The highest BCUT2D eigenvalue weighted by atomic mass is 16.5. The number of hydrogen-bond donors (Lipinski definition) is 4. The van der Waals surface area contributed by atoms with Crippen molar-refractivity contribution >= 4 is 35.4 Å². The van der Waals surface area contributed by atoms with E-state index in [0.717, 1.165) is 97.4 Å². The van der Waals surface area contributed by atoms with Crippen LogP contribution in [0.5, 0.6) is 0 Å². The Kier molecular flexibility index (Phi) is 13.0. The number of piperazine rings is 1. The normalized spacial score (nSPS) is 19.1. The molecule has 4 atom stereocenters. The molecular weight excluding hydrogens is 765 g/mol. The van der Waals surface area contributed by atoms with Crippen LogP contribution in [-0.4, -0.2) is 119 Å². The molecule has 7 rings (SSSR count). The fourth-order valence-corrected chi connectivity index (χ4v) is 8.62. The van der Waals surface area contributed by atoms with Gasteiger partial charge in [-0.05, 0) is 72.9 Å². The predicted octanol–water partition coefficient (Wildman–Crippen LogP) is 5.88. The Morgan fingerprint density at radius 2 is 0.967 bits per heavy atom. The molecule has 0 saturated carbocycles. The molecule has 320 valence electrons. The van der Waals surface area contributed by atoms with E-state index in [9.17, 15) is 19.2 Å². The second-order valence-electron chi connectivity index (χ2n) is 16.5. The minimum atomic E-state index is -0.677. The first-order valence-electron chi connectivity index (χ1n) is 21.1. The van der Waals surface area contributed by atoms with Crippen molar-refractivity contribution in [1.29, 1.82) is 0 Å². The van der Waals surface area contributed by atoms with E-state index in [1.807, 2.05) is 49.9 Å². The molecule has 16 heteroatoms. The molecule has 0 spiro atoms. The number of carbonyl (C=O) groups excluding carboxylic acids is 4. The lowest BCUT2D eigenvalue weighted by molar-refractivity contribution is -0.136. The zero-order chi connectivity index (χ0) is 42.5. The van der Waals surface area contributed by atoms with Crippen LogP contribution >= 0.6 is 0 Å². The molecular formula is C44H58N10O6. The number of H-pyrrole nitrogens is 2. The number of amides is 4. The quantitative estimate of drug-likeness (QED) is 0.135. The van der Waals surface area contributed by atoms with Crippen LogP contribution in [0.4, 0.5) is 21.0 Å². The van der Waals surface area contributed by atoms with Crippen LogP contribution in [-0.2, 0) is 19.1 Å². The van der Waals surface area contributed by atoms with Crippen molar-refractivity contribution in [1.82, 2.24) is 40.4 Å². The van der Waals surface area contributed by atoms with E-state index in [4.69, 9.17) is 19.4 Å². The standard InChI is InChI=1S/C44H58N10O6/c1-27(2)37(49-43(57)59-5)41(55)53-19-7-9-35(53)39-45-25-33(47-39)29-11-15-31(16-12-29)51-21-23-52(24-22-51)32-17-13-30(14-18-32)34-26-46-40(48-34)36-10-8-20-54(36)42(56)38(28(3)4)50-44(58)60-6/h11-18,25-28,35-38H,7-10,19-24H2,1-6H3,(H,45,47)(H,46,48)(H,49,57)(H,50,58)/t35-,36-,37-,38-/m0/s1. The maximum atomic E-state index is 13.6. The largest absolute Gasteiger partial charge is 0.453 e. The SMILES string of the molecule is COC(=O)N[C@H](C(=O)N1CCC[C@H]1c1ncc(-c2ccc(N3CCN(c4ccc(-c5cnc([C@@H]6CCCN6C(=O)[C@@H](NC(=O)OC)C(C)C)[nH]5)cc4)CC3)cc2)[nH]1)C(C)C. The Hall–Kier alpha value is -6.06. The van der Waals surface area contributed by atoms with Gasteiger partial charge < -0.3 is 49.7 Å². The highest BCUT2D eigenvalue weighted by Gasteiger charge is 2.39. The van der Waals surface area contributed by atoms with Gasteiger partial charge in [0.05, 0.1) is 50.1 Å². The molecule has 3 aliphatic heterocycles. The summed E-state index contributed by atoms with van der Waals surface area (Å²) in [5, 5.41) is 5.41. The number of anilines is 2. The summed E-state index contributed by atoms with van der Waals surface area (Å²) < 4.78 is 9.53. The topological polar surface area (TPSA) is 181 Å². The summed E-state index contributed by atoms with van der Waals surface area (Å²) in [4.78, 5) is 75.8. The molecule has 4 N–H and O–H groups in total. The lowest BCUT2D eigenvalue weighted by Gasteiger charge is -2.37. The molecule has 3 saturated heterocycles. The second kappa shape index (κ2) is 18.5. The van der Waals surface area contributed by atoms with Gasteiger partial charge in [0.2, 0.25) is 11.8 Å². The molecule has 3 aliphatic rings. The number of hydrogen-bond acceptors (Lipinski definition) is 10. The van der Waals surface area contributed by atoms with Crippen LogP contribution in [0.25, 0.3) is 22.5 Å². The Balaban J connectivity index is 0.927. The van der Waals surface area contributed by atoms with Crippen molar-refractivity contribution in [2.45, 2.75) is 77.5 Å². The molecule has 60 heavy (non-hydrogen) atoms. The Bertz CT molecular complexity index is 1960. The van der Waals surface area contributed by atoms with Gasteiger partial charge in [-0.15, -0.1) is 0 Å². The molecule has 0 aliphatic carbocycles. The first kappa shape index (κ1) is 42.1. The number of carbonyl (C=O) groups is 4. The van der Waals surface area contributed by atoms with Crippen molar-refractivity contribution in [3.8, 4) is 22.5 Å². The monoisotopic (exact) mass is 822 g/mol. The Labute approximate surface area is 351 Å². The molecule has 2 aromatic carbocycles. The third-order valence-corrected chi connectivity index (χ3v) is 12.0. The van der Waals surface area contributed by atoms with E-state index in [-0.39, 0.29) is 35.7 Å². The van der Waals surface area contributed by atoms with Crippen molar-refractivity contribution in [3.63, 3.8) is 0 Å². The minimum Gasteiger partial charge on any atom is -0.453 e. The van der Waals surface area contributed by atoms with Gasteiger partial charge in [-0.3, -0.25) is 9.59 Å². The fourth-order valence-electron chi connectivity index (χ4n) is 8.62. The zero-order valence-electron chi connectivity index (χ0n) is 35.4. The number of alkyl carbamates (subject to hydrolysis) is 2. The number of nitrogens with zero attached hydrogens (tertiary/aromatic N) is 6. The van der Waals surface area contributed by atoms with Gasteiger partial charge in [-0.25, -0.2) is 19.6 Å². The highest BCUT2D eigenvalue weighted by molar-refractivity contribution is 5.87. The number of likely N-dealkylation sites (tertiary alicyclic amines) is 2. The number of methoxy groups -OCH3 is 2. The van der Waals surface area contributed by atoms with Gasteiger partial charge in [0, 0.05) is 50.6 Å². The number of imidazole rings is 2. The van der Waals surface area contributed by atoms with Gasteiger partial charge >= 0.3 is 12.2 Å². The van der Waals surface area contributed by atoms with Gasteiger partial charge in [-0.1, -0.05) is 52.0 Å². The number of rotatable bonds is 12. The van der Waals surface area contributed by atoms with Gasteiger partial charge in [-0.2, -0.15) is 0 Å². The molecule has 5 heterocycles. The molecule has 2 aromatic heterocycles. The molecule has 4 amide bonds. The minimum absolute atomic E-state index is 0.0954. The van der Waals surface area contributed by atoms with Crippen molar-refractivity contribution in [3.05, 3.63) is 72.6 Å². The number of benzene rings is 2. The lowest BCUT2D eigenvalue weighted by atomic mass is 10.0. The average Bonchev–Trinajstić information content (AvgIpc) is 4.11. The predicted molar refractivity (Wildman–Crippen MR) is 228 cm³/mol. The van der Waals surface area contributed by atoms with E-state index in [1.165, 1.54) is 14.2 Å². The molecule has 0 bridgehead atoms. The zero-order valence-corrected chi connectivity index (χ0v) is 35.4.